The SMILES string of the molecule is Cc1ccc(NC(=O)CNc2ccc(S(=O)(=O)N3CCCCC3)cc2)c(C)c1. The van der Waals surface area contributed by atoms with Crippen molar-refractivity contribution in [3.63, 3.8) is 0 Å². The monoisotopic (exact) mass is 401 g/mol. The topological polar surface area (TPSA) is 78.5 Å². The Balaban J connectivity index is 1.57. The standard InChI is InChI=1S/C21H27N3O3S/c1-16-6-11-20(17(2)14-16)23-21(25)15-22-18-7-9-19(10-8-18)28(26,27)24-12-4-3-5-13-24/h6-11,14,22H,3-5,12-13,15H2,1-2H3,(H,23,25). The molecule has 0 aromatic heterocycles. The number of aryl methyl sites for hydroxylation is 2. The van der Waals surface area contributed by atoms with Crippen molar-refractivity contribution in [1.82, 2.24) is 4.31 Å². The van der Waals surface area contributed by atoms with Gasteiger partial charge in [0.15, 0.2) is 0 Å². The Kier molecular flexibility index (Phi) is 6.36. The van der Waals surface area contributed by atoms with E-state index in [9.17, 15) is 13.2 Å². The van der Waals surface area contributed by atoms with E-state index in [2.05, 4.69) is 10.6 Å². The fraction of sp³-hybridized carbons (Fsp3) is 0.381. The zero-order valence-corrected chi connectivity index (χ0v) is 17.2. The molecule has 7 heteroatoms. The maximum absolute atomic E-state index is 12.7. The first-order valence-electron chi connectivity index (χ1n) is 9.57. The van der Waals surface area contributed by atoms with Crippen LogP contribution in [0.15, 0.2) is 47.4 Å². The van der Waals surface area contributed by atoms with Crippen molar-refractivity contribution in [3.05, 3.63) is 53.6 Å². The minimum Gasteiger partial charge on any atom is -0.376 e. The molecule has 6 nitrogen and oxygen atoms in total. The maximum atomic E-state index is 12.7. The zero-order chi connectivity index (χ0) is 20.1. The second kappa shape index (κ2) is 8.75. The van der Waals surface area contributed by atoms with Crippen molar-refractivity contribution >= 4 is 27.3 Å². The van der Waals surface area contributed by atoms with Crippen LogP contribution in [-0.2, 0) is 14.8 Å². The number of carbonyl (C=O) groups is 1. The number of piperidine rings is 1. The lowest BCUT2D eigenvalue weighted by atomic mass is 10.1. The van der Waals surface area contributed by atoms with E-state index in [0.29, 0.717) is 23.7 Å². The molecule has 3 rings (SSSR count). The summed E-state index contributed by atoms with van der Waals surface area (Å²) >= 11 is 0. The molecule has 2 aromatic carbocycles. The van der Waals surface area contributed by atoms with Crippen molar-refractivity contribution in [2.45, 2.75) is 38.0 Å². The Morgan fingerprint density at radius 3 is 2.32 bits per heavy atom. The van der Waals surface area contributed by atoms with Gasteiger partial charge >= 0.3 is 0 Å². The molecule has 0 radical (unpaired) electrons. The highest BCUT2D eigenvalue weighted by Gasteiger charge is 2.25. The fourth-order valence-corrected chi connectivity index (χ4v) is 4.85. The highest BCUT2D eigenvalue weighted by atomic mass is 32.2. The third-order valence-electron chi connectivity index (χ3n) is 4.92. The third kappa shape index (κ3) is 4.91. The van der Waals surface area contributed by atoms with Gasteiger partial charge in [0.2, 0.25) is 15.9 Å². The molecule has 0 unspecified atom stereocenters. The summed E-state index contributed by atoms with van der Waals surface area (Å²) in [4.78, 5) is 12.5. The molecule has 1 aliphatic rings. The van der Waals surface area contributed by atoms with Gasteiger partial charge in [0.25, 0.3) is 0 Å². The van der Waals surface area contributed by atoms with Gasteiger partial charge in [0, 0.05) is 24.5 Å². The first-order valence-corrected chi connectivity index (χ1v) is 11.0. The van der Waals surface area contributed by atoms with Crippen LogP contribution in [0.2, 0.25) is 0 Å². The summed E-state index contributed by atoms with van der Waals surface area (Å²) in [7, 11) is -3.43. The summed E-state index contributed by atoms with van der Waals surface area (Å²) in [6.07, 6.45) is 2.90. The van der Waals surface area contributed by atoms with Gasteiger partial charge in [-0.2, -0.15) is 4.31 Å². The summed E-state index contributed by atoms with van der Waals surface area (Å²) in [5.41, 5.74) is 3.66. The highest BCUT2D eigenvalue weighted by molar-refractivity contribution is 7.89. The van der Waals surface area contributed by atoms with Crippen molar-refractivity contribution in [3.8, 4) is 0 Å². The first-order chi connectivity index (χ1) is 13.4. The predicted octanol–water partition coefficient (Wildman–Crippen LogP) is 3.53. The molecule has 2 aromatic rings. The van der Waals surface area contributed by atoms with E-state index in [-0.39, 0.29) is 12.5 Å². The Bertz CT molecular complexity index is 934. The van der Waals surface area contributed by atoms with Gasteiger partial charge in [0.05, 0.1) is 11.4 Å². The molecule has 0 atom stereocenters. The smallest absolute Gasteiger partial charge is 0.243 e. The lowest BCUT2D eigenvalue weighted by Gasteiger charge is -2.25. The minimum absolute atomic E-state index is 0.103. The van der Waals surface area contributed by atoms with Crippen LogP contribution in [0.25, 0.3) is 0 Å². The number of hydrogen-bond donors (Lipinski definition) is 2. The molecule has 0 spiro atoms. The molecular weight excluding hydrogens is 374 g/mol. The maximum Gasteiger partial charge on any atom is 0.243 e. The molecule has 150 valence electrons. The number of anilines is 2. The Labute approximate surface area is 167 Å². The molecule has 0 saturated carbocycles. The van der Waals surface area contributed by atoms with Crippen LogP contribution in [-0.4, -0.2) is 38.3 Å². The van der Waals surface area contributed by atoms with Crippen LogP contribution in [0.3, 0.4) is 0 Å². The number of nitrogens with zero attached hydrogens (tertiary/aromatic N) is 1. The van der Waals surface area contributed by atoms with Gasteiger partial charge in [-0.1, -0.05) is 24.1 Å². The first kappa shape index (κ1) is 20.4. The van der Waals surface area contributed by atoms with Crippen LogP contribution < -0.4 is 10.6 Å². The number of sulfonamides is 1. The molecule has 1 heterocycles. The number of amides is 1. The van der Waals surface area contributed by atoms with Crippen molar-refractivity contribution < 1.29 is 13.2 Å². The van der Waals surface area contributed by atoms with Crippen LogP contribution in [0.4, 0.5) is 11.4 Å². The van der Waals surface area contributed by atoms with E-state index in [4.69, 9.17) is 0 Å². The molecule has 0 aliphatic carbocycles. The molecule has 1 fully saturated rings. The molecule has 1 aliphatic heterocycles. The third-order valence-corrected chi connectivity index (χ3v) is 6.83. The van der Waals surface area contributed by atoms with Crippen molar-refractivity contribution in [1.29, 1.82) is 0 Å². The van der Waals surface area contributed by atoms with Gasteiger partial charge in [-0.25, -0.2) is 8.42 Å². The molecular formula is C21H27N3O3S. The number of benzene rings is 2. The van der Waals surface area contributed by atoms with Crippen molar-refractivity contribution in [2.75, 3.05) is 30.3 Å². The Morgan fingerprint density at radius 1 is 1.00 bits per heavy atom. The minimum atomic E-state index is -3.43. The van der Waals surface area contributed by atoms with Gasteiger partial charge in [-0.05, 0) is 62.6 Å². The Hall–Kier alpha value is -2.38. The summed E-state index contributed by atoms with van der Waals surface area (Å²) in [5.74, 6) is -0.156. The number of rotatable bonds is 6. The van der Waals surface area contributed by atoms with Crippen molar-refractivity contribution in [2.24, 2.45) is 0 Å². The summed E-state index contributed by atoms with van der Waals surface area (Å²) in [6, 6.07) is 12.4. The van der Waals surface area contributed by atoms with E-state index in [1.807, 2.05) is 32.0 Å². The quantitative estimate of drug-likeness (QED) is 0.776. The molecule has 2 N–H and O–H groups in total. The molecule has 1 saturated heterocycles. The summed E-state index contributed by atoms with van der Waals surface area (Å²) in [6.45, 7) is 5.24. The molecule has 1 amide bonds. The number of hydrogen-bond acceptors (Lipinski definition) is 4. The van der Waals surface area contributed by atoms with Gasteiger partial charge in [0.1, 0.15) is 0 Å². The fourth-order valence-electron chi connectivity index (χ4n) is 3.33. The average Bonchev–Trinajstić information content (AvgIpc) is 2.69. The lowest BCUT2D eigenvalue weighted by Crippen LogP contribution is -2.35. The van der Waals surface area contributed by atoms with E-state index < -0.39 is 10.0 Å². The van der Waals surface area contributed by atoms with Gasteiger partial charge in [-0.15, -0.1) is 0 Å². The van der Waals surface area contributed by atoms with Gasteiger partial charge in [-0.3, -0.25) is 4.79 Å². The van der Waals surface area contributed by atoms with Crippen LogP contribution in [0.5, 0.6) is 0 Å². The van der Waals surface area contributed by atoms with Crippen LogP contribution >= 0.6 is 0 Å². The van der Waals surface area contributed by atoms with E-state index in [0.717, 1.165) is 36.1 Å². The molecule has 28 heavy (non-hydrogen) atoms. The highest BCUT2D eigenvalue weighted by Crippen LogP contribution is 2.22. The van der Waals surface area contributed by atoms with E-state index in [1.54, 1.807) is 28.6 Å². The van der Waals surface area contributed by atoms with Gasteiger partial charge < -0.3 is 10.6 Å². The normalized spacial score (nSPS) is 15.2. The second-order valence-electron chi connectivity index (χ2n) is 7.21. The Morgan fingerprint density at radius 2 is 1.68 bits per heavy atom. The largest absolute Gasteiger partial charge is 0.376 e. The number of carbonyl (C=O) groups excluding carboxylic acids is 1. The summed E-state index contributed by atoms with van der Waals surface area (Å²) in [5, 5.41) is 5.92. The molecule has 0 bridgehead atoms. The lowest BCUT2D eigenvalue weighted by molar-refractivity contribution is -0.114. The van der Waals surface area contributed by atoms with Crippen LogP contribution in [0.1, 0.15) is 30.4 Å². The van der Waals surface area contributed by atoms with E-state index >= 15 is 0 Å². The average molecular weight is 402 g/mol. The number of nitrogens with one attached hydrogen (secondary N) is 2. The van der Waals surface area contributed by atoms with E-state index in [1.165, 1.54) is 0 Å². The summed E-state index contributed by atoms with van der Waals surface area (Å²) < 4.78 is 26.9. The second-order valence-corrected chi connectivity index (χ2v) is 9.15. The predicted molar refractivity (Wildman–Crippen MR) is 112 cm³/mol. The zero-order valence-electron chi connectivity index (χ0n) is 16.4. The van der Waals surface area contributed by atoms with Crippen LogP contribution in [0, 0.1) is 13.8 Å².